The standard InChI is InChI=1S/C14H19N3/c1-3-4-13-16-11-9-10(15)5-6-12(11)17(13)14(2)7-8-14/h5-6,9H,3-4,7-8,15H2,1-2H3. The van der Waals surface area contributed by atoms with Gasteiger partial charge in [-0.2, -0.15) is 0 Å². The van der Waals surface area contributed by atoms with E-state index in [9.17, 15) is 0 Å². The van der Waals surface area contributed by atoms with Crippen LogP contribution in [0.25, 0.3) is 11.0 Å². The molecule has 17 heavy (non-hydrogen) atoms. The van der Waals surface area contributed by atoms with Crippen molar-refractivity contribution in [3.8, 4) is 0 Å². The molecular weight excluding hydrogens is 210 g/mol. The van der Waals surface area contributed by atoms with Crippen molar-refractivity contribution in [1.82, 2.24) is 9.55 Å². The summed E-state index contributed by atoms with van der Waals surface area (Å²) < 4.78 is 2.44. The van der Waals surface area contributed by atoms with E-state index in [4.69, 9.17) is 10.7 Å². The molecule has 1 aliphatic carbocycles. The van der Waals surface area contributed by atoms with Crippen molar-refractivity contribution >= 4 is 16.7 Å². The van der Waals surface area contributed by atoms with Crippen molar-refractivity contribution in [1.29, 1.82) is 0 Å². The summed E-state index contributed by atoms with van der Waals surface area (Å²) in [5.41, 5.74) is 9.21. The van der Waals surface area contributed by atoms with Gasteiger partial charge in [-0.05, 0) is 44.4 Å². The summed E-state index contributed by atoms with van der Waals surface area (Å²) in [4.78, 5) is 4.75. The van der Waals surface area contributed by atoms with Crippen LogP contribution in [0.3, 0.4) is 0 Å². The van der Waals surface area contributed by atoms with Gasteiger partial charge in [-0.3, -0.25) is 0 Å². The zero-order valence-electron chi connectivity index (χ0n) is 10.5. The average molecular weight is 229 g/mol. The van der Waals surface area contributed by atoms with Gasteiger partial charge >= 0.3 is 0 Å². The second-order valence-corrected chi connectivity index (χ2v) is 5.36. The molecule has 1 saturated carbocycles. The summed E-state index contributed by atoms with van der Waals surface area (Å²) in [5.74, 6) is 1.22. The molecular formula is C14H19N3. The number of benzene rings is 1. The Morgan fingerprint density at radius 3 is 2.82 bits per heavy atom. The van der Waals surface area contributed by atoms with Gasteiger partial charge in [0, 0.05) is 17.6 Å². The van der Waals surface area contributed by atoms with E-state index in [0.29, 0.717) is 5.54 Å². The molecule has 2 N–H and O–H groups in total. The second-order valence-electron chi connectivity index (χ2n) is 5.36. The number of aryl methyl sites for hydroxylation is 1. The Bertz CT molecular complexity index is 564. The number of rotatable bonds is 3. The van der Waals surface area contributed by atoms with E-state index in [0.717, 1.165) is 24.0 Å². The lowest BCUT2D eigenvalue weighted by molar-refractivity contribution is 0.520. The topological polar surface area (TPSA) is 43.8 Å². The fraction of sp³-hybridized carbons (Fsp3) is 0.500. The van der Waals surface area contributed by atoms with Crippen LogP contribution in [0.4, 0.5) is 5.69 Å². The Hall–Kier alpha value is -1.51. The fourth-order valence-electron chi connectivity index (χ4n) is 2.55. The predicted octanol–water partition coefficient (Wildman–Crippen LogP) is 3.08. The van der Waals surface area contributed by atoms with Gasteiger partial charge in [0.1, 0.15) is 5.82 Å². The highest BCUT2D eigenvalue weighted by Gasteiger charge is 2.41. The number of nitrogen functional groups attached to an aromatic ring is 1. The van der Waals surface area contributed by atoms with Crippen LogP contribution >= 0.6 is 0 Å². The molecule has 0 saturated heterocycles. The lowest BCUT2D eigenvalue weighted by Gasteiger charge is -2.15. The third-order valence-corrected chi connectivity index (χ3v) is 3.74. The minimum atomic E-state index is 0.301. The Labute approximate surface area is 102 Å². The summed E-state index contributed by atoms with van der Waals surface area (Å²) in [6.07, 6.45) is 4.71. The monoisotopic (exact) mass is 229 g/mol. The number of hydrogen-bond donors (Lipinski definition) is 1. The van der Waals surface area contributed by atoms with Crippen LogP contribution in [0.5, 0.6) is 0 Å². The molecule has 0 aliphatic heterocycles. The van der Waals surface area contributed by atoms with E-state index < -0.39 is 0 Å². The maximum atomic E-state index is 5.83. The third-order valence-electron chi connectivity index (χ3n) is 3.74. The average Bonchev–Trinajstić information content (AvgIpc) is 2.90. The van der Waals surface area contributed by atoms with Gasteiger partial charge in [-0.1, -0.05) is 6.92 Å². The van der Waals surface area contributed by atoms with E-state index in [2.05, 4.69) is 24.5 Å². The Balaban J connectivity index is 2.24. The van der Waals surface area contributed by atoms with E-state index in [-0.39, 0.29) is 0 Å². The first-order valence-corrected chi connectivity index (χ1v) is 6.41. The van der Waals surface area contributed by atoms with Crippen LogP contribution in [0.1, 0.15) is 38.9 Å². The molecule has 2 aromatic rings. The van der Waals surface area contributed by atoms with Crippen molar-refractivity contribution in [2.45, 2.75) is 45.1 Å². The van der Waals surface area contributed by atoms with Gasteiger partial charge in [-0.25, -0.2) is 4.98 Å². The molecule has 0 radical (unpaired) electrons. The van der Waals surface area contributed by atoms with Crippen molar-refractivity contribution < 1.29 is 0 Å². The van der Waals surface area contributed by atoms with Crippen molar-refractivity contribution in [3.05, 3.63) is 24.0 Å². The van der Waals surface area contributed by atoms with Crippen molar-refractivity contribution in [3.63, 3.8) is 0 Å². The van der Waals surface area contributed by atoms with Crippen LogP contribution < -0.4 is 5.73 Å². The van der Waals surface area contributed by atoms with Gasteiger partial charge in [0.2, 0.25) is 0 Å². The highest BCUT2D eigenvalue weighted by atomic mass is 15.2. The molecule has 1 aromatic heterocycles. The number of hydrogen-bond acceptors (Lipinski definition) is 2. The predicted molar refractivity (Wildman–Crippen MR) is 71.0 cm³/mol. The Morgan fingerprint density at radius 1 is 1.41 bits per heavy atom. The van der Waals surface area contributed by atoms with Crippen LogP contribution in [-0.4, -0.2) is 9.55 Å². The fourth-order valence-corrected chi connectivity index (χ4v) is 2.55. The molecule has 3 nitrogen and oxygen atoms in total. The van der Waals surface area contributed by atoms with Crippen LogP contribution in [0, 0.1) is 0 Å². The zero-order chi connectivity index (χ0) is 12.0. The number of aromatic nitrogens is 2. The zero-order valence-corrected chi connectivity index (χ0v) is 10.5. The summed E-state index contributed by atoms with van der Waals surface area (Å²) in [7, 11) is 0. The molecule has 0 bridgehead atoms. The molecule has 1 aliphatic rings. The first-order valence-electron chi connectivity index (χ1n) is 6.41. The SMILES string of the molecule is CCCc1nc2cc(N)ccc2n1C1(C)CC1. The smallest absolute Gasteiger partial charge is 0.110 e. The highest BCUT2D eigenvalue weighted by molar-refractivity contribution is 5.80. The number of fused-ring (bicyclic) bond motifs is 1. The molecule has 0 atom stereocenters. The lowest BCUT2D eigenvalue weighted by atomic mass is 10.2. The quantitative estimate of drug-likeness (QED) is 0.822. The number of nitrogens with two attached hydrogens (primary N) is 1. The Morgan fingerprint density at radius 2 is 2.18 bits per heavy atom. The molecule has 1 fully saturated rings. The van der Waals surface area contributed by atoms with Gasteiger partial charge in [0.15, 0.2) is 0 Å². The third kappa shape index (κ3) is 1.61. The van der Waals surface area contributed by atoms with Crippen LogP contribution in [0.2, 0.25) is 0 Å². The number of anilines is 1. The Kier molecular flexibility index (Phi) is 2.18. The van der Waals surface area contributed by atoms with Crippen LogP contribution in [-0.2, 0) is 12.0 Å². The normalized spacial score (nSPS) is 17.5. The molecule has 3 rings (SSSR count). The molecule has 1 aromatic carbocycles. The first-order chi connectivity index (χ1) is 8.14. The summed E-state index contributed by atoms with van der Waals surface area (Å²) >= 11 is 0. The maximum absolute atomic E-state index is 5.83. The minimum Gasteiger partial charge on any atom is -0.399 e. The van der Waals surface area contributed by atoms with E-state index in [1.54, 1.807) is 0 Å². The van der Waals surface area contributed by atoms with E-state index in [1.165, 1.54) is 24.2 Å². The molecule has 3 heteroatoms. The van der Waals surface area contributed by atoms with Crippen molar-refractivity contribution in [2.24, 2.45) is 0 Å². The largest absolute Gasteiger partial charge is 0.399 e. The van der Waals surface area contributed by atoms with Gasteiger partial charge in [0.05, 0.1) is 11.0 Å². The molecule has 0 unspecified atom stereocenters. The molecule has 1 heterocycles. The maximum Gasteiger partial charge on any atom is 0.110 e. The molecule has 0 spiro atoms. The number of imidazole rings is 1. The first kappa shape index (κ1) is 10.6. The van der Waals surface area contributed by atoms with E-state index in [1.807, 2.05) is 12.1 Å². The minimum absolute atomic E-state index is 0.301. The molecule has 0 amide bonds. The van der Waals surface area contributed by atoms with Crippen molar-refractivity contribution in [2.75, 3.05) is 5.73 Å². The lowest BCUT2D eigenvalue weighted by Crippen LogP contribution is -2.15. The number of nitrogens with zero attached hydrogens (tertiary/aromatic N) is 2. The summed E-state index contributed by atoms with van der Waals surface area (Å²) in [6, 6.07) is 6.07. The van der Waals surface area contributed by atoms with E-state index >= 15 is 0 Å². The molecule has 90 valence electrons. The van der Waals surface area contributed by atoms with Crippen LogP contribution in [0.15, 0.2) is 18.2 Å². The van der Waals surface area contributed by atoms with Gasteiger partial charge in [0.25, 0.3) is 0 Å². The highest BCUT2D eigenvalue weighted by Crippen LogP contribution is 2.45. The van der Waals surface area contributed by atoms with Gasteiger partial charge in [-0.15, -0.1) is 0 Å². The van der Waals surface area contributed by atoms with Gasteiger partial charge < -0.3 is 10.3 Å². The summed E-state index contributed by atoms with van der Waals surface area (Å²) in [6.45, 7) is 4.52. The second kappa shape index (κ2) is 3.49. The summed E-state index contributed by atoms with van der Waals surface area (Å²) in [5, 5.41) is 0.